The van der Waals surface area contributed by atoms with Crippen LogP contribution in [-0.2, 0) is 0 Å². The number of rotatable bonds is 3. The van der Waals surface area contributed by atoms with Crippen LogP contribution in [0.2, 0.25) is 5.02 Å². The smallest absolute Gasteiger partial charge is 0.292 e. The predicted octanol–water partition coefficient (Wildman–Crippen LogP) is 2.60. The van der Waals surface area contributed by atoms with Crippen LogP contribution in [-0.4, -0.2) is 27.0 Å². The van der Waals surface area contributed by atoms with Gasteiger partial charge in [0.25, 0.3) is 5.56 Å². The third-order valence-corrected chi connectivity index (χ3v) is 4.36. The van der Waals surface area contributed by atoms with Gasteiger partial charge in [0.2, 0.25) is 0 Å². The Balaban J connectivity index is 1.88. The summed E-state index contributed by atoms with van der Waals surface area (Å²) in [6.07, 6.45) is 4.84. The number of nitrogens with one attached hydrogen (secondary N) is 1. The first-order valence-electron chi connectivity index (χ1n) is 7.44. The molecule has 0 bridgehead atoms. The van der Waals surface area contributed by atoms with E-state index >= 15 is 0 Å². The summed E-state index contributed by atoms with van der Waals surface area (Å²) in [4.78, 5) is 12.4. The van der Waals surface area contributed by atoms with Gasteiger partial charge < -0.3 is 10.4 Å². The van der Waals surface area contributed by atoms with Crippen LogP contribution in [0, 0.1) is 0 Å². The Bertz CT molecular complexity index is 702. The normalized spacial score (nSPS) is 21.5. The molecule has 116 valence electrons. The zero-order valence-corrected chi connectivity index (χ0v) is 12.8. The van der Waals surface area contributed by atoms with Gasteiger partial charge in [-0.05, 0) is 25.0 Å². The van der Waals surface area contributed by atoms with Crippen molar-refractivity contribution in [2.75, 3.05) is 5.32 Å². The summed E-state index contributed by atoms with van der Waals surface area (Å²) < 4.78 is 1.27. The van der Waals surface area contributed by atoms with Gasteiger partial charge >= 0.3 is 0 Å². The number of halogens is 1. The van der Waals surface area contributed by atoms with Crippen LogP contribution in [0.5, 0.6) is 0 Å². The lowest BCUT2D eigenvalue weighted by Gasteiger charge is -2.29. The van der Waals surface area contributed by atoms with Crippen molar-refractivity contribution in [1.82, 2.24) is 9.78 Å². The van der Waals surface area contributed by atoms with E-state index < -0.39 is 6.10 Å². The summed E-state index contributed by atoms with van der Waals surface area (Å²) in [5, 5.41) is 17.4. The lowest BCUT2D eigenvalue weighted by atomic mass is 9.92. The fourth-order valence-electron chi connectivity index (χ4n) is 2.77. The van der Waals surface area contributed by atoms with E-state index in [1.54, 1.807) is 12.1 Å². The molecule has 2 atom stereocenters. The molecule has 1 aliphatic rings. The minimum absolute atomic E-state index is 0.0833. The van der Waals surface area contributed by atoms with Gasteiger partial charge in [0.15, 0.2) is 0 Å². The number of anilines is 1. The lowest BCUT2D eigenvalue weighted by Crippen LogP contribution is -2.37. The second kappa shape index (κ2) is 6.50. The van der Waals surface area contributed by atoms with Gasteiger partial charge in [-0.15, -0.1) is 0 Å². The molecule has 0 unspecified atom stereocenters. The molecule has 5 nitrogen and oxygen atoms in total. The number of hydrogen-bond acceptors (Lipinski definition) is 4. The maximum absolute atomic E-state index is 12.4. The van der Waals surface area contributed by atoms with Gasteiger partial charge in [0.05, 0.1) is 29.7 Å². The second-order valence-electron chi connectivity index (χ2n) is 5.53. The first kappa shape index (κ1) is 15.1. The van der Waals surface area contributed by atoms with Gasteiger partial charge in [0, 0.05) is 0 Å². The summed E-state index contributed by atoms with van der Waals surface area (Å²) in [5.41, 5.74) is 0.770. The van der Waals surface area contributed by atoms with Gasteiger partial charge in [0.1, 0.15) is 5.02 Å². The van der Waals surface area contributed by atoms with Gasteiger partial charge in [-0.1, -0.05) is 42.6 Å². The van der Waals surface area contributed by atoms with Crippen molar-refractivity contribution < 1.29 is 5.11 Å². The molecule has 22 heavy (non-hydrogen) atoms. The van der Waals surface area contributed by atoms with E-state index in [1.807, 2.05) is 18.2 Å². The summed E-state index contributed by atoms with van der Waals surface area (Å²) >= 11 is 6.20. The van der Waals surface area contributed by atoms with Gasteiger partial charge in [-0.3, -0.25) is 4.79 Å². The van der Waals surface area contributed by atoms with Crippen molar-refractivity contribution >= 4 is 17.3 Å². The van der Waals surface area contributed by atoms with Crippen LogP contribution >= 0.6 is 11.6 Å². The van der Waals surface area contributed by atoms with Crippen LogP contribution in [0.1, 0.15) is 25.7 Å². The summed E-state index contributed by atoms with van der Waals surface area (Å²) in [6, 6.07) is 9.05. The molecule has 1 fully saturated rings. The van der Waals surface area contributed by atoms with Crippen molar-refractivity contribution in [3.8, 4) is 5.69 Å². The number of nitrogens with zero attached hydrogens (tertiary/aromatic N) is 2. The molecular weight excluding hydrogens is 302 g/mol. The molecule has 0 amide bonds. The van der Waals surface area contributed by atoms with E-state index in [9.17, 15) is 9.90 Å². The molecule has 1 aliphatic carbocycles. The molecule has 0 aliphatic heterocycles. The molecule has 0 spiro atoms. The first-order chi connectivity index (χ1) is 10.7. The number of hydrogen-bond donors (Lipinski definition) is 2. The van der Waals surface area contributed by atoms with Crippen molar-refractivity contribution in [2.45, 2.75) is 37.8 Å². The molecule has 2 N–H and O–H groups in total. The lowest BCUT2D eigenvalue weighted by molar-refractivity contribution is 0.116. The molecule has 0 saturated heterocycles. The highest BCUT2D eigenvalue weighted by Gasteiger charge is 2.24. The summed E-state index contributed by atoms with van der Waals surface area (Å²) in [5.74, 6) is 0. The Hall–Kier alpha value is -1.85. The monoisotopic (exact) mass is 319 g/mol. The van der Waals surface area contributed by atoms with Crippen molar-refractivity contribution in [2.24, 2.45) is 0 Å². The largest absolute Gasteiger partial charge is 0.391 e. The maximum Gasteiger partial charge on any atom is 0.292 e. The highest BCUT2D eigenvalue weighted by atomic mass is 35.5. The van der Waals surface area contributed by atoms with Crippen LogP contribution in [0.15, 0.2) is 41.3 Å². The third-order valence-electron chi connectivity index (χ3n) is 3.99. The SMILES string of the molecule is O=c1c(Cl)c(N[C@H]2CCCC[C@@H]2O)cnn1-c1ccccc1. The number of aliphatic hydroxyl groups is 1. The average molecular weight is 320 g/mol. The number of aliphatic hydroxyl groups excluding tert-OH is 1. The molecule has 1 aromatic heterocycles. The van der Waals surface area contributed by atoms with E-state index in [4.69, 9.17) is 11.6 Å². The number of aromatic nitrogens is 2. The van der Waals surface area contributed by atoms with E-state index in [-0.39, 0.29) is 16.6 Å². The zero-order valence-electron chi connectivity index (χ0n) is 12.1. The number of para-hydroxylation sites is 1. The zero-order chi connectivity index (χ0) is 15.5. The fourth-order valence-corrected chi connectivity index (χ4v) is 2.95. The third kappa shape index (κ3) is 3.00. The molecular formula is C16H18ClN3O2. The predicted molar refractivity (Wildman–Crippen MR) is 86.7 cm³/mol. The van der Waals surface area contributed by atoms with Crippen LogP contribution in [0.4, 0.5) is 5.69 Å². The van der Waals surface area contributed by atoms with Gasteiger partial charge in [-0.2, -0.15) is 9.78 Å². The molecule has 1 aromatic carbocycles. The molecule has 2 aromatic rings. The fraction of sp³-hybridized carbons (Fsp3) is 0.375. The Labute approximate surface area is 133 Å². The quantitative estimate of drug-likeness (QED) is 0.912. The van der Waals surface area contributed by atoms with Crippen LogP contribution in [0.3, 0.4) is 0 Å². The highest BCUT2D eigenvalue weighted by molar-refractivity contribution is 6.33. The molecule has 3 rings (SSSR count). The maximum atomic E-state index is 12.4. The van der Waals surface area contributed by atoms with E-state index in [1.165, 1.54) is 10.9 Å². The summed E-state index contributed by atoms with van der Waals surface area (Å²) in [7, 11) is 0. The van der Waals surface area contributed by atoms with Crippen molar-refractivity contribution in [3.05, 3.63) is 51.9 Å². The highest BCUT2D eigenvalue weighted by Crippen LogP contribution is 2.24. The second-order valence-corrected chi connectivity index (χ2v) is 5.91. The Morgan fingerprint density at radius 1 is 1.23 bits per heavy atom. The topological polar surface area (TPSA) is 67.2 Å². The minimum atomic E-state index is -0.415. The van der Waals surface area contributed by atoms with E-state index in [0.29, 0.717) is 11.4 Å². The first-order valence-corrected chi connectivity index (χ1v) is 7.82. The number of benzene rings is 1. The van der Waals surface area contributed by atoms with Crippen molar-refractivity contribution in [3.63, 3.8) is 0 Å². The summed E-state index contributed by atoms with van der Waals surface area (Å²) in [6.45, 7) is 0. The van der Waals surface area contributed by atoms with E-state index in [2.05, 4.69) is 10.4 Å². The van der Waals surface area contributed by atoms with E-state index in [0.717, 1.165) is 25.7 Å². The Morgan fingerprint density at radius 3 is 2.68 bits per heavy atom. The minimum Gasteiger partial charge on any atom is -0.391 e. The van der Waals surface area contributed by atoms with Crippen LogP contribution in [0.25, 0.3) is 5.69 Å². The average Bonchev–Trinajstić information content (AvgIpc) is 2.55. The van der Waals surface area contributed by atoms with Gasteiger partial charge in [-0.25, -0.2) is 0 Å². The standard InChI is InChI=1S/C16H18ClN3O2/c17-15-13(19-12-8-4-5-9-14(12)21)10-18-20(16(15)22)11-6-2-1-3-7-11/h1-3,6-7,10,12,14,19,21H,4-5,8-9H2/t12-,14-/m0/s1. The molecule has 6 heteroatoms. The molecule has 0 radical (unpaired) electrons. The Morgan fingerprint density at radius 2 is 1.95 bits per heavy atom. The van der Waals surface area contributed by atoms with Crippen molar-refractivity contribution in [1.29, 1.82) is 0 Å². The van der Waals surface area contributed by atoms with Crippen LogP contribution < -0.4 is 10.9 Å². The molecule has 1 saturated carbocycles. The Kier molecular flexibility index (Phi) is 4.45. The molecule has 1 heterocycles.